The topological polar surface area (TPSA) is 0 Å². The van der Waals surface area contributed by atoms with Crippen LogP contribution in [0.1, 0.15) is 6.92 Å². The van der Waals surface area contributed by atoms with Crippen molar-refractivity contribution in [3.05, 3.63) is 11.6 Å². The van der Waals surface area contributed by atoms with Gasteiger partial charge in [0.15, 0.2) is 0 Å². The van der Waals surface area contributed by atoms with Crippen molar-refractivity contribution in [1.82, 2.24) is 0 Å². The summed E-state index contributed by atoms with van der Waals surface area (Å²) >= 11 is 0. The Morgan fingerprint density at radius 3 is 2.20 bits per heavy atom. The lowest BCUT2D eigenvalue weighted by molar-refractivity contribution is 1.50. The van der Waals surface area contributed by atoms with Crippen LogP contribution in [0.5, 0.6) is 0 Å². The zero-order valence-corrected chi connectivity index (χ0v) is 4.39. The molecular weight excluding hydrogens is 79.0 g/mol. The fourth-order valence-electron chi connectivity index (χ4n) is 0.235. The second kappa shape index (κ2) is 0.815. The van der Waals surface area contributed by atoms with Crippen molar-refractivity contribution >= 4 is 9.24 Å². The van der Waals surface area contributed by atoms with Crippen molar-refractivity contribution in [2.24, 2.45) is 0 Å². The molecule has 0 bridgehead atoms. The third-order valence-electron chi connectivity index (χ3n) is 0.859. The largest absolute Gasteiger partial charge is 0.126 e. The molecule has 1 heteroatoms. The van der Waals surface area contributed by atoms with Crippen LogP contribution in [0.3, 0.4) is 0 Å². The van der Waals surface area contributed by atoms with Gasteiger partial charge in [0, 0.05) is 5.66 Å². The summed E-state index contributed by atoms with van der Waals surface area (Å²) in [4.78, 5) is 0. The highest BCUT2D eigenvalue weighted by Gasteiger charge is 2.11. The van der Waals surface area contributed by atoms with Crippen LogP contribution < -0.4 is 0 Å². The third-order valence-corrected chi connectivity index (χ3v) is 1.58. The monoisotopic (exact) mass is 86.0 g/mol. The molecule has 0 aromatic carbocycles. The van der Waals surface area contributed by atoms with Crippen LogP contribution >= 0.6 is 9.24 Å². The first-order valence-corrected chi connectivity index (χ1v) is 2.41. The van der Waals surface area contributed by atoms with E-state index >= 15 is 0 Å². The normalized spacial score (nSPS) is 33.2. The van der Waals surface area contributed by atoms with Crippen molar-refractivity contribution in [2.45, 2.75) is 12.6 Å². The molecule has 0 aromatic heterocycles. The molecule has 1 aliphatic rings. The van der Waals surface area contributed by atoms with E-state index in [1.54, 1.807) is 0 Å². The molecule has 0 saturated carbocycles. The average molecular weight is 86.1 g/mol. The first kappa shape index (κ1) is 3.36. The second-order valence-electron chi connectivity index (χ2n) is 1.44. The van der Waals surface area contributed by atoms with Gasteiger partial charge in [0.05, 0.1) is 0 Å². The number of allylic oxidation sites excluding steroid dienone is 2. The predicted octanol–water partition coefficient (Wildman–Crippen LogP) is 1.19. The fourth-order valence-corrected chi connectivity index (χ4v) is 0.539. The zero-order valence-electron chi connectivity index (χ0n) is 3.23. The Morgan fingerprint density at radius 1 is 2.00 bits per heavy atom. The Bertz CT molecular complexity index is 73.7. The van der Waals surface area contributed by atoms with E-state index in [2.05, 4.69) is 22.2 Å². The molecule has 1 aliphatic carbocycles. The summed E-state index contributed by atoms with van der Waals surface area (Å²) in [6.07, 6.45) is 2.21. The molecule has 0 nitrogen and oxygen atoms in total. The molecule has 0 aromatic rings. The van der Waals surface area contributed by atoms with E-state index in [0.29, 0.717) is 0 Å². The summed E-state index contributed by atoms with van der Waals surface area (Å²) in [7, 11) is 2.72. The van der Waals surface area contributed by atoms with Crippen molar-refractivity contribution < 1.29 is 0 Å². The van der Waals surface area contributed by atoms with Gasteiger partial charge in [0.2, 0.25) is 0 Å². The summed E-state index contributed by atoms with van der Waals surface area (Å²) in [5.41, 5.74) is 2.27. The molecule has 0 heterocycles. The Kier molecular flexibility index (Phi) is 0.548. The van der Waals surface area contributed by atoms with E-state index in [-0.39, 0.29) is 0 Å². The maximum Gasteiger partial charge on any atom is 0.0123 e. The van der Waals surface area contributed by atoms with Gasteiger partial charge in [-0.1, -0.05) is 11.6 Å². The minimum atomic E-state index is 0.759. The van der Waals surface area contributed by atoms with Crippen LogP contribution in [-0.4, -0.2) is 5.66 Å². The van der Waals surface area contributed by atoms with Crippen LogP contribution in [0.15, 0.2) is 11.6 Å². The van der Waals surface area contributed by atoms with Crippen LogP contribution in [0, 0.1) is 0 Å². The third kappa shape index (κ3) is 0.516. The van der Waals surface area contributed by atoms with Gasteiger partial charge in [-0.25, -0.2) is 0 Å². The van der Waals surface area contributed by atoms with Gasteiger partial charge >= 0.3 is 0 Å². The quantitative estimate of drug-likeness (QED) is 0.307. The first-order valence-electron chi connectivity index (χ1n) is 1.74. The molecular formula is C4H7P. The summed E-state index contributed by atoms with van der Waals surface area (Å²) < 4.78 is 0. The van der Waals surface area contributed by atoms with Gasteiger partial charge in [-0.05, 0) is 6.92 Å². The Morgan fingerprint density at radius 2 is 2.20 bits per heavy atom. The Labute approximate surface area is 34.5 Å². The van der Waals surface area contributed by atoms with Gasteiger partial charge < -0.3 is 0 Å². The maximum atomic E-state index is 2.72. The molecule has 0 fully saturated rings. The van der Waals surface area contributed by atoms with Gasteiger partial charge in [0.1, 0.15) is 0 Å². The summed E-state index contributed by atoms with van der Waals surface area (Å²) in [6.45, 7) is 2.14. The first-order chi connectivity index (χ1) is 2.30. The number of hydrogen-bond donors (Lipinski definition) is 0. The second-order valence-corrected chi connectivity index (χ2v) is 2.15. The smallest absolute Gasteiger partial charge is 0.0123 e. The number of rotatable bonds is 0. The molecule has 1 rings (SSSR count). The zero-order chi connectivity index (χ0) is 3.86. The molecule has 0 aliphatic heterocycles. The molecule has 5 heavy (non-hydrogen) atoms. The molecule has 2 atom stereocenters. The SMILES string of the molecule is CC1=CC1P. The van der Waals surface area contributed by atoms with E-state index in [4.69, 9.17) is 0 Å². The van der Waals surface area contributed by atoms with Crippen molar-refractivity contribution in [2.75, 3.05) is 0 Å². The van der Waals surface area contributed by atoms with E-state index in [1.807, 2.05) is 0 Å². The lowest BCUT2D eigenvalue weighted by Gasteiger charge is -1.69. The standard InChI is InChI=1S/C4H7P/c1-3-2-4(3)5/h2,4H,5H2,1H3. The van der Waals surface area contributed by atoms with Crippen molar-refractivity contribution in [3.63, 3.8) is 0 Å². The van der Waals surface area contributed by atoms with Crippen LogP contribution in [0.25, 0.3) is 0 Å². The Balaban J connectivity index is 2.38. The van der Waals surface area contributed by atoms with Crippen LogP contribution in [0.2, 0.25) is 0 Å². The molecule has 2 unspecified atom stereocenters. The van der Waals surface area contributed by atoms with Crippen LogP contribution in [0.4, 0.5) is 0 Å². The summed E-state index contributed by atoms with van der Waals surface area (Å²) in [6, 6.07) is 0. The average Bonchev–Trinajstić information content (AvgIpc) is 1.79. The minimum absolute atomic E-state index is 0.759. The molecule has 0 saturated heterocycles. The van der Waals surface area contributed by atoms with Crippen LogP contribution in [-0.2, 0) is 0 Å². The fraction of sp³-hybridized carbons (Fsp3) is 0.500. The minimum Gasteiger partial charge on any atom is -0.126 e. The van der Waals surface area contributed by atoms with Gasteiger partial charge in [-0.15, -0.1) is 9.24 Å². The van der Waals surface area contributed by atoms with E-state index in [0.717, 1.165) is 5.66 Å². The highest BCUT2D eigenvalue weighted by atomic mass is 31.0. The molecule has 0 N–H and O–H groups in total. The summed E-state index contributed by atoms with van der Waals surface area (Å²) in [5.74, 6) is 0. The predicted molar refractivity (Wildman–Crippen MR) is 27.3 cm³/mol. The highest BCUT2D eigenvalue weighted by molar-refractivity contribution is 7.19. The molecule has 0 amide bonds. The molecule has 0 spiro atoms. The summed E-state index contributed by atoms with van der Waals surface area (Å²) in [5, 5.41) is 0. The molecule has 0 radical (unpaired) electrons. The van der Waals surface area contributed by atoms with E-state index < -0.39 is 0 Å². The van der Waals surface area contributed by atoms with E-state index in [1.165, 1.54) is 5.57 Å². The lowest BCUT2D eigenvalue weighted by Crippen LogP contribution is -1.59. The van der Waals surface area contributed by atoms with Gasteiger partial charge in [0.25, 0.3) is 0 Å². The molecule has 28 valence electrons. The van der Waals surface area contributed by atoms with E-state index in [9.17, 15) is 0 Å². The van der Waals surface area contributed by atoms with Gasteiger partial charge in [-0.2, -0.15) is 0 Å². The van der Waals surface area contributed by atoms with Crippen molar-refractivity contribution in [1.29, 1.82) is 0 Å². The Hall–Kier alpha value is 0.170. The maximum absolute atomic E-state index is 2.72. The highest BCUT2D eigenvalue weighted by Crippen LogP contribution is 2.26. The lowest BCUT2D eigenvalue weighted by atomic mass is 10.6. The van der Waals surface area contributed by atoms with Crippen molar-refractivity contribution in [3.8, 4) is 0 Å². The van der Waals surface area contributed by atoms with Gasteiger partial charge in [-0.3, -0.25) is 0 Å². The number of hydrogen-bond acceptors (Lipinski definition) is 0.